The highest BCUT2D eigenvalue weighted by Gasteiger charge is 2.05. The molecule has 0 spiro atoms. The Bertz CT molecular complexity index is 358. The highest BCUT2D eigenvalue weighted by atomic mass is 35.5. The average molecular weight is 278 g/mol. The maximum absolute atomic E-state index is 9.20. The lowest BCUT2D eigenvalue weighted by Crippen LogP contribution is -2.30. The van der Waals surface area contributed by atoms with Crippen molar-refractivity contribution in [2.75, 3.05) is 26.7 Å². The van der Waals surface area contributed by atoms with Crippen LogP contribution < -0.4 is 4.74 Å². The Hall–Kier alpha value is -0.480. The van der Waals surface area contributed by atoms with Gasteiger partial charge in [0.15, 0.2) is 0 Å². The molecule has 1 aromatic carbocycles. The fourth-order valence-corrected chi connectivity index (χ4v) is 1.91. The van der Waals surface area contributed by atoms with E-state index in [0.29, 0.717) is 28.9 Å². The number of rotatable bonds is 6. The van der Waals surface area contributed by atoms with Crippen molar-refractivity contribution < 1.29 is 9.84 Å². The van der Waals surface area contributed by atoms with E-state index in [1.165, 1.54) is 0 Å². The number of aliphatic hydroxyl groups is 1. The lowest BCUT2D eigenvalue weighted by molar-refractivity contribution is 0.131. The van der Waals surface area contributed by atoms with E-state index in [-0.39, 0.29) is 6.10 Å². The zero-order valence-corrected chi connectivity index (χ0v) is 11.5. The van der Waals surface area contributed by atoms with Crippen LogP contribution in [-0.2, 0) is 0 Å². The first-order valence-electron chi connectivity index (χ1n) is 5.43. The van der Waals surface area contributed by atoms with Crippen molar-refractivity contribution in [3.8, 4) is 5.75 Å². The van der Waals surface area contributed by atoms with Gasteiger partial charge in [-0.25, -0.2) is 0 Å². The van der Waals surface area contributed by atoms with Crippen LogP contribution in [0.3, 0.4) is 0 Å². The standard InChI is InChI=1S/C12H17Cl2NO2/c1-9(16)8-15(2)5-6-17-12-4-3-10(13)7-11(12)14/h3-4,7,9,16H,5-6,8H2,1-2H3. The first-order chi connectivity index (χ1) is 7.99. The Morgan fingerprint density at radius 1 is 1.41 bits per heavy atom. The number of likely N-dealkylation sites (N-methyl/N-ethyl adjacent to an activating group) is 1. The Labute approximate surface area is 112 Å². The molecule has 0 heterocycles. The summed E-state index contributed by atoms with van der Waals surface area (Å²) < 4.78 is 5.53. The van der Waals surface area contributed by atoms with Gasteiger partial charge in [0.2, 0.25) is 0 Å². The monoisotopic (exact) mass is 277 g/mol. The van der Waals surface area contributed by atoms with Gasteiger partial charge < -0.3 is 14.7 Å². The summed E-state index contributed by atoms with van der Waals surface area (Å²) in [4.78, 5) is 1.99. The van der Waals surface area contributed by atoms with Gasteiger partial charge in [-0.15, -0.1) is 0 Å². The van der Waals surface area contributed by atoms with Crippen LogP contribution in [0.4, 0.5) is 0 Å². The summed E-state index contributed by atoms with van der Waals surface area (Å²) in [6.45, 7) is 3.62. The van der Waals surface area contributed by atoms with Gasteiger partial charge in [0, 0.05) is 18.1 Å². The van der Waals surface area contributed by atoms with E-state index in [9.17, 15) is 5.11 Å². The highest BCUT2D eigenvalue weighted by molar-refractivity contribution is 6.35. The van der Waals surface area contributed by atoms with E-state index in [4.69, 9.17) is 27.9 Å². The molecule has 5 heteroatoms. The minimum atomic E-state index is -0.334. The normalized spacial score (nSPS) is 12.8. The first kappa shape index (κ1) is 14.6. The second-order valence-electron chi connectivity index (χ2n) is 4.03. The third-order valence-electron chi connectivity index (χ3n) is 2.20. The number of benzene rings is 1. The quantitative estimate of drug-likeness (QED) is 0.868. The fourth-order valence-electron chi connectivity index (χ4n) is 1.45. The predicted molar refractivity (Wildman–Crippen MR) is 71.1 cm³/mol. The molecule has 3 nitrogen and oxygen atoms in total. The lowest BCUT2D eigenvalue weighted by Gasteiger charge is -2.18. The molecule has 0 saturated heterocycles. The van der Waals surface area contributed by atoms with Crippen LogP contribution in [0, 0.1) is 0 Å². The van der Waals surface area contributed by atoms with Crippen molar-refractivity contribution in [1.29, 1.82) is 0 Å². The minimum Gasteiger partial charge on any atom is -0.491 e. The molecule has 0 aliphatic carbocycles. The molecule has 0 aliphatic heterocycles. The largest absolute Gasteiger partial charge is 0.491 e. The summed E-state index contributed by atoms with van der Waals surface area (Å²) in [5.74, 6) is 0.626. The van der Waals surface area contributed by atoms with E-state index in [0.717, 1.165) is 6.54 Å². The van der Waals surface area contributed by atoms with Crippen LogP contribution in [0.5, 0.6) is 5.75 Å². The summed E-state index contributed by atoms with van der Waals surface area (Å²) in [6, 6.07) is 5.14. The van der Waals surface area contributed by atoms with E-state index in [2.05, 4.69) is 0 Å². The fraction of sp³-hybridized carbons (Fsp3) is 0.500. The summed E-state index contributed by atoms with van der Waals surface area (Å²) >= 11 is 11.7. The van der Waals surface area contributed by atoms with Gasteiger partial charge >= 0.3 is 0 Å². The zero-order valence-electron chi connectivity index (χ0n) is 9.99. The summed E-state index contributed by atoms with van der Waals surface area (Å²) in [6.07, 6.45) is -0.334. The predicted octanol–water partition coefficient (Wildman–Crippen LogP) is 2.68. The average Bonchev–Trinajstić information content (AvgIpc) is 2.20. The first-order valence-corrected chi connectivity index (χ1v) is 6.19. The van der Waals surface area contributed by atoms with Crippen molar-refractivity contribution in [2.45, 2.75) is 13.0 Å². The molecule has 0 fully saturated rings. The molecule has 17 heavy (non-hydrogen) atoms. The van der Waals surface area contributed by atoms with E-state index < -0.39 is 0 Å². The second kappa shape index (κ2) is 7.07. The van der Waals surface area contributed by atoms with Gasteiger partial charge in [-0.05, 0) is 32.2 Å². The summed E-state index contributed by atoms with van der Waals surface area (Å²) in [5.41, 5.74) is 0. The van der Waals surface area contributed by atoms with Crippen LogP contribution in [0.25, 0.3) is 0 Å². The molecular formula is C12H17Cl2NO2. The summed E-state index contributed by atoms with van der Waals surface area (Å²) in [7, 11) is 1.93. The smallest absolute Gasteiger partial charge is 0.138 e. The Morgan fingerprint density at radius 2 is 2.12 bits per heavy atom. The van der Waals surface area contributed by atoms with Crippen molar-refractivity contribution >= 4 is 23.2 Å². The second-order valence-corrected chi connectivity index (χ2v) is 4.88. The molecule has 1 atom stereocenters. The van der Waals surface area contributed by atoms with Crippen molar-refractivity contribution in [3.05, 3.63) is 28.2 Å². The molecule has 0 radical (unpaired) electrons. The molecule has 0 amide bonds. The molecule has 1 rings (SSSR count). The number of hydrogen-bond acceptors (Lipinski definition) is 3. The van der Waals surface area contributed by atoms with Crippen molar-refractivity contribution in [3.63, 3.8) is 0 Å². The molecule has 1 aromatic rings. The van der Waals surface area contributed by atoms with Gasteiger partial charge in [-0.1, -0.05) is 23.2 Å². The van der Waals surface area contributed by atoms with Crippen LogP contribution >= 0.6 is 23.2 Å². The van der Waals surface area contributed by atoms with Crippen LogP contribution in [-0.4, -0.2) is 42.9 Å². The number of ether oxygens (including phenoxy) is 1. The Kier molecular flexibility index (Phi) is 6.06. The van der Waals surface area contributed by atoms with Crippen LogP contribution in [0.15, 0.2) is 18.2 Å². The molecule has 0 aromatic heterocycles. The molecule has 0 saturated carbocycles. The number of hydrogen-bond donors (Lipinski definition) is 1. The van der Waals surface area contributed by atoms with Gasteiger partial charge in [-0.2, -0.15) is 0 Å². The van der Waals surface area contributed by atoms with E-state index in [1.807, 2.05) is 11.9 Å². The van der Waals surface area contributed by atoms with Gasteiger partial charge in [0.25, 0.3) is 0 Å². The molecule has 0 bridgehead atoms. The molecule has 1 N–H and O–H groups in total. The molecular weight excluding hydrogens is 261 g/mol. The maximum Gasteiger partial charge on any atom is 0.138 e. The van der Waals surface area contributed by atoms with Gasteiger partial charge in [-0.3, -0.25) is 0 Å². The van der Waals surface area contributed by atoms with E-state index >= 15 is 0 Å². The van der Waals surface area contributed by atoms with Crippen molar-refractivity contribution in [1.82, 2.24) is 4.90 Å². The van der Waals surface area contributed by atoms with Gasteiger partial charge in [0.05, 0.1) is 11.1 Å². The minimum absolute atomic E-state index is 0.334. The zero-order chi connectivity index (χ0) is 12.8. The van der Waals surface area contributed by atoms with Crippen LogP contribution in [0.1, 0.15) is 6.92 Å². The van der Waals surface area contributed by atoms with Crippen molar-refractivity contribution in [2.24, 2.45) is 0 Å². The highest BCUT2D eigenvalue weighted by Crippen LogP contribution is 2.27. The van der Waals surface area contributed by atoms with Crippen LogP contribution in [0.2, 0.25) is 10.0 Å². The lowest BCUT2D eigenvalue weighted by atomic mass is 10.3. The van der Waals surface area contributed by atoms with E-state index in [1.54, 1.807) is 25.1 Å². The number of aliphatic hydroxyl groups excluding tert-OH is 1. The number of halogens is 2. The third kappa shape index (κ3) is 5.59. The maximum atomic E-state index is 9.20. The molecule has 1 unspecified atom stereocenters. The third-order valence-corrected chi connectivity index (χ3v) is 2.73. The topological polar surface area (TPSA) is 32.7 Å². The number of nitrogens with zero attached hydrogens (tertiary/aromatic N) is 1. The molecule has 96 valence electrons. The Balaban J connectivity index is 2.35. The summed E-state index contributed by atoms with van der Waals surface area (Å²) in [5, 5.41) is 10.3. The Morgan fingerprint density at radius 3 is 2.71 bits per heavy atom. The van der Waals surface area contributed by atoms with Gasteiger partial charge in [0.1, 0.15) is 12.4 Å². The SMILES string of the molecule is CC(O)CN(C)CCOc1ccc(Cl)cc1Cl. The molecule has 0 aliphatic rings.